The van der Waals surface area contributed by atoms with Gasteiger partial charge in [0.2, 0.25) is 0 Å². The summed E-state index contributed by atoms with van der Waals surface area (Å²) in [5.41, 5.74) is 1.29. The first kappa shape index (κ1) is 22.2. The first-order valence-corrected chi connectivity index (χ1v) is 18.5. The molecule has 0 aromatic carbocycles. The molecule has 0 amide bonds. The number of ether oxygens (including phenoxy) is 1. The summed E-state index contributed by atoms with van der Waals surface area (Å²) in [6, 6.07) is 4.92. The zero-order valence-corrected chi connectivity index (χ0v) is 20.3. The third-order valence-corrected chi connectivity index (χ3v) is 21.6. The second-order valence-electron chi connectivity index (χ2n) is 8.02. The van der Waals surface area contributed by atoms with Gasteiger partial charge in [0.05, 0.1) is 0 Å². The molecular weight excluding hydrogens is 427 g/mol. The van der Waals surface area contributed by atoms with Gasteiger partial charge >= 0.3 is 166 Å². The predicted molar refractivity (Wildman–Crippen MR) is 115 cm³/mol. The summed E-state index contributed by atoms with van der Waals surface area (Å²) in [7, 11) is 0. The fourth-order valence-electron chi connectivity index (χ4n) is 4.24. The Kier molecular flexibility index (Phi) is 10.5. The van der Waals surface area contributed by atoms with Crippen LogP contribution in [0.2, 0.25) is 13.3 Å². The van der Waals surface area contributed by atoms with Crippen molar-refractivity contribution in [2.24, 2.45) is 0 Å². The van der Waals surface area contributed by atoms with Crippen molar-refractivity contribution in [1.29, 1.82) is 0 Å². The number of hydrogen-bond donors (Lipinski definition) is 0. The Morgan fingerprint density at radius 2 is 1.54 bits per heavy atom. The first-order valence-electron chi connectivity index (χ1n) is 11.0. The SMILES string of the molecule is CCC[CH2][Sn]([CH2]CCC)([CH2]CCC)[c]1ccnc(CN2CCOCC2)c1. The zero-order chi connectivity index (χ0) is 18.7. The van der Waals surface area contributed by atoms with Gasteiger partial charge < -0.3 is 0 Å². The fraction of sp³-hybridized carbons (Fsp3) is 0.773. The van der Waals surface area contributed by atoms with Crippen molar-refractivity contribution in [1.82, 2.24) is 9.88 Å². The second-order valence-corrected chi connectivity index (χ2v) is 21.3. The molecule has 1 aliphatic rings. The molecule has 1 aliphatic heterocycles. The molecule has 1 aromatic heterocycles. The number of morpholine rings is 1. The van der Waals surface area contributed by atoms with Gasteiger partial charge in [-0.05, 0) is 0 Å². The molecule has 1 fully saturated rings. The summed E-state index contributed by atoms with van der Waals surface area (Å²) in [5.74, 6) is 0. The molecule has 3 nitrogen and oxygen atoms in total. The van der Waals surface area contributed by atoms with Crippen LogP contribution in [0, 0.1) is 0 Å². The molecule has 0 radical (unpaired) electrons. The van der Waals surface area contributed by atoms with Crippen LogP contribution < -0.4 is 3.58 Å². The quantitative estimate of drug-likeness (QED) is 0.406. The van der Waals surface area contributed by atoms with Crippen LogP contribution in [0.15, 0.2) is 18.3 Å². The normalized spacial score (nSPS) is 16.1. The number of aromatic nitrogens is 1. The van der Waals surface area contributed by atoms with Crippen LogP contribution in [0.25, 0.3) is 0 Å². The van der Waals surface area contributed by atoms with Crippen molar-refractivity contribution in [3.05, 3.63) is 24.0 Å². The fourth-order valence-corrected chi connectivity index (χ4v) is 20.2. The van der Waals surface area contributed by atoms with Crippen molar-refractivity contribution in [2.75, 3.05) is 26.3 Å². The summed E-state index contributed by atoms with van der Waals surface area (Å²) >= 11 is -2.32. The van der Waals surface area contributed by atoms with Crippen LogP contribution in [0.5, 0.6) is 0 Å². The predicted octanol–water partition coefficient (Wildman–Crippen LogP) is 4.97. The van der Waals surface area contributed by atoms with Crippen molar-refractivity contribution in [3.8, 4) is 0 Å². The molecule has 0 unspecified atom stereocenters. The number of rotatable bonds is 12. The summed E-state index contributed by atoms with van der Waals surface area (Å²) in [6.07, 6.45) is 10.4. The van der Waals surface area contributed by atoms with Crippen molar-refractivity contribution >= 4 is 22.0 Å². The third kappa shape index (κ3) is 6.79. The maximum absolute atomic E-state index is 5.50. The van der Waals surface area contributed by atoms with Crippen molar-refractivity contribution in [2.45, 2.75) is 79.2 Å². The minimum atomic E-state index is -2.32. The Morgan fingerprint density at radius 1 is 0.962 bits per heavy atom. The molecule has 2 heterocycles. The number of nitrogens with zero attached hydrogens (tertiary/aromatic N) is 2. The Morgan fingerprint density at radius 3 is 2.08 bits per heavy atom. The summed E-state index contributed by atoms with van der Waals surface area (Å²) in [5, 5.41) is 0. The average molecular weight is 467 g/mol. The summed E-state index contributed by atoms with van der Waals surface area (Å²) in [6.45, 7) is 11.9. The molecule has 148 valence electrons. The number of pyridine rings is 1. The number of unbranched alkanes of at least 4 members (excludes halogenated alkanes) is 3. The van der Waals surface area contributed by atoms with E-state index < -0.39 is 18.4 Å². The molecule has 2 rings (SSSR count). The van der Waals surface area contributed by atoms with Crippen molar-refractivity contribution in [3.63, 3.8) is 0 Å². The minimum absolute atomic E-state index is 0.867. The first-order chi connectivity index (χ1) is 12.7. The average Bonchev–Trinajstić information content (AvgIpc) is 2.69. The van der Waals surface area contributed by atoms with Gasteiger partial charge in [0.25, 0.3) is 0 Å². The molecule has 26 heavy (non-hydrogen) atoms. The van der Waals surface area contributed by atoms with Gasteiger partial charge in [0.1, 0.15) is 0 Å². The molecule has 4 heteroatoms. The standard InChI is InChI=1S/C10H13N2O.3C4H9.Sn/c1-2-4-11-10(3-1)9-12-5-7-13-8-6-12;3*1-3-4-2;/h2-4H,5-9H2;3*1,3-4H2,2H3;. The van der Waals surface area contributed by atoms with Crippen LogP contribution in [-0.2, 0) is 11.3 Å². The molecule has 1 saturated heterocycles. The van der Waals surface area contributed by atoms with E-state index in [1.807, 2.05) is 0 Å². The summed E-state index contributed by atoms with van der Waals surface area (Å²) in [4.78, 5) is 7.24. The molecule has 0 N–H and O–H groups in total. The van der Waals surface area contributed by atoms with Crippen LogP contribution in [0.3, 0.4) is 0 Å². The van der Waals surface area contributed by atoms with Gasteiger partial charge in [-0.1, -0.05) is 0 Å². The van der Waals surface area contributed by atoms with Crippen LogP contribution in [0.4, 0.5) is 0 Å². The third-order valence-electron chi connectivity index (χ3n) is 5.94. The Bertz CT molecular complexity index is 481. The Labute approximate surface area is 165 Å². The molecule has 0 saturated carbocycles. The Balaban J connectivity index is 2.21. The molecule has 1 aromatic rings. The Hall–Kier alpha value is -0.131. The van der Waals surface area contributed by atoms with Gasteiger partial charge in [-0.2, -0.15) is 0 Å². The van der Waals surface area contributed by atoms with Crippen LogP contribution in [-0.4, -0.2) is 54.6 Å². The maximum atomic E-state index is 5.50. The van der Waals surface area contributed by atoms with E-state index in [4.69, 9.17) is 9.72 Å². The molecule has 0 bridgehead atoms. The van der Waals surface area contributed by atoms with Gasteiger partial charge in [0, 0.05) is 0 Å². The van der Waals surface area contributed by atoms with E-state index in [1.165, 1.54) is 57.5 Å². The second kappa shape index (κ2) is 12.4. The zero-order valence-electron chi connectivity index (χ0n) is 17.4. The van der Waals surface area contributed by atoms with Gasteiger partial charge in [-0.3, -0.25) is 0 Å². The van der Waals surface area contributed by atoms with E-state index in [-0.39, 0.29) is 0 Å². The van der Waals surface area contributed by atoms with E-state index >= 15 is 0 Å². The summed E-state index contributed by atoms with van der Waals surface area (Å²) < 4.78 is 11.9. The van der Waals surface area contributed by atoms with Gasteiger partial charge in [-0.15, -0.1) is 0 Å². The molecule has 0 atom stereocenters. The van der Waals surface area contributed by atoms with E-state index in [0.717, 1.165) is 32.8 Å². The molecule has 0 spiro atoms. The monoisotopic (exact) mass is 468 g/mol. The molecular formula is C22H40N2OSn. The van der Waals surface area contributed by atoms with E-state index in [2.05, 4.69) is 44.0 Å². The van der Waals surface area contributed by atoms with E-state index in [1.54, 1.807) is 3.58 Å². The topological polar surface area (TPSA) is 25.4 Å². The number of hydrogen-bond acceptors (Lipinski definition) is 3. The van der Waals surface area contributed by atoms with E-state index in [0.29, 0.717) is 0 Å². The van der Waals surface area contributed by atoms with Gasteiger partial charge in [-0.25, -0.2) is 0 Å². The van der Waals surface area contributed by atoms with Crippen LogP contribution >= 0.6 is 0 Å². The van der Waals surface area contributed by atoms with E-state index in [9.17, 15) is 0 Å². The molecule has 0 aliphatic carbocycles. The van der Waals surface area contributed by atoms with Crippen molar-refractivity contribution < 1.29 is 4.74 Å². The van der Waals surface area contributed by atoms with Crippen LogP contribution in [0.1, 0.15) is 65.0 Å². The van der Waals surface area contributed by atoms with Gasteiger partial charge in [0.15, 0.2) is 0 Å².